The number of aliphatic hydroxyl groups is 1. The minimum Gasteiger partial charge on any atom is -0.480 e. The summed E-state index contributed by atoms with van der Waals surface area (Å²) in [6, 6.07) is 2.17. The zero-order chi connectivity index (χ0) is 13.7. The number of carbonyl (C=O) groups excluding carboxylic acids is 1. The SMILES string of the molecule is O=C(N[C@@H](CCO)C(=O)O)c1ccc(Cl)c(F)c1. The van der Waals surface area contributed by atoms with Crippen molar-refractivity contribution in [2.45, 2.75) is 12.5 Å². The normalized spacial score (nSPS) is 11.9. The summed E-state index contributed by atoms with van der Waals surface area (Å²) in [5, 5.41) is 19.5. The molecule has 1 amide bonds. The van der Waals surface area contributed by atoms with Gasteiger partial charge < -0.3 is 15.5 Å². The van der Waals surface area contributed by atoms with Gasteiger partial charge in [-0.1, -0.05) is 11.6 Å². The van der Waals surface area contributed by atoms with Gasteiger partial charge in [0.15, 0.2) is 0 Å². The second-order valence-electron chi connectivity index (χ2n) is 3.51. The fourth-order valence-electron chi connectivity index (χ4n) is 1.27. The maximum absolute atomic E-state index is 13.1. The molecule has 0 aromatic heterocycles. The van der Waals surface area contributed by atoms with Crippen LogP contribution in [0.1, 0.15) is 16.8 Å². The van der Waals surface area contributed by atoms with Crippen molar-refractivity contribution in [1.82, 2.24) is 5.32 Å². The fraction of sp³-hybridized carbons (Fsp3) is 0.273. The summed E-state index contributed by atoms with van der Waals surface area (Å²) in [6.07, 6.45) is -0.128. The lowest BCUT2D eigenvalue weighted by Gasteiger charge is -2.13. The highest BCUT2D eigenvalue weighted by Crippen LogP contribution is 2.15. The van der Waals surface area contributed by atoms with Crippen LogP contribution in [0.2, 0.25) is 5.02 Å². The predicted octanol–water partition coefficient (Wildman–Crippen LogP) is 1.04. The topological polar surface area (TPSA) is 86.6 Å². The van der Waals surface area contributed by atoms with Crippen LogP contribution in [0, 0.1) is 5.82 Å². The molecule has 98 valence electrons. The van der Waals surface area contributed by atoms with Crippen LogP contribution in [0.5, 0.6) is 0 Å². The average molecular weight is 276 g/mol. The Kier molecular flexibility index (Phi) is 5.06. The lowest BCUT2D eigenvalue weighted by atomic mass is 10.1. The highest BCUT2D eigenvalue weighted by atomic mass is 35.5. The van der Waals surface area contributed by atoms with Gasteiger partial charge >= 0.3 is 5.97 Å². The maximum Gasteiger partial charge on any atom is 0.326 e. The number of amides is 1. The molecule has 0 aliphatic heterocycles. The number of aliphatic hydroxyl groups excluding tert-OH is 1. The monoisotopic (exact) mass is 275 g/mol. The molecular formula is C11H11ClFNO4. The quantitative estimate of drug-likeness (QED) is 0.749. The molecule has 1 atom stereocenters. The first-order chi connectivity index (χ1) is 8.45. The molecule has 1 rings (SSSR count). The molecule has 0 saturated carbocycles. The minimum absolute atomic E-state index is 0.0407. The third-order valence-electron chi connectivity index (χ3n) is 2.20. The Morgan fingerprint density at radius 2 is 2.11 bits per heavy atom. The van der Waals surface area contributed by atoms with Crippen molar-refractivity contribution in [2.24, 2.45) is 0 Å². The standard InChI is InChI=1S/C11H11ClFNO4/c12-7-2-1-6(5-8(7)13)10(16)14-9(3-4-15)11(17)18/h1-2,5,9,15H,3-4H2,(H,14,16)(H,17,18)/t9-/m0/s1. The van der Waals surface area contributed by atoms with Crippen LogP contribution < -0.4 is 5.32 Å². The molecule has 5 nitrogen and oxygen atoms in total. The van der Waals surface area contributed by atoms with E-state index in [0.29, 0.717) is 0 Å². The number of aliphatic carboxylic acids is 1. The third kappa shape index (κ3) is 3.68. The van der Waals surface area contributed by atoms with Crippen molar-refractivity contribution in [1.29, 1.82) is 0 Å². The smallest absolute Gasteiger partial charge is 0.326 e. The summed E-state index contributed by atoms with van der Waals surface area (Å²) in [4.78, 5) is 22.4. The number of benzene rings is 1. The van der Waals surface area contributed by atoms with E-state index in [1.807, 2.05) is 0 Å². The molecule has 3 N–H and O–H groups in total. The number of rotatable bonds is 5. The zero-order valence-corrected chi connectivity index (χ0v) is 9.95. The van der Waals surface area contributed by atoms with E-state index in [-0.39, 0.29) is 23.6 Å². The fourth-order valence-corrected chi connectivity index (χ4v) is 1.38. The van der Waals surface area contributed by atoms with E-state index < -0.39 is 23.7 Å². The van der Waals surface area contributed by atoms with E-state index >= 15 is 0 Å². The van der Waals surface area contributed by atoms with Crippen LogP contribution in [0.3, 0.4) is 0 Å². The van der Waals surface area contributed by atoms with Gasteiger partial charge in [-0.15, -0.1) is 0 Å². The number of hydrogen-bond donors (Lipinski definition) is 3. The Hall–Kier alpha value is -1.66. The minimum atomic E-state index is -1.27. The van der Waals surface area contributed by atoms with Crippen molar-refractivity contribution < 1.29 is 24.2 Å². The van der Waals surface area contributed by atoms with Crippen molar-refractivity contribution >= 4 is 23.5 Å². The van der Waals surface area contributed by atoms with Gasteiger partial charge in [0, 0.05) is 18.6 Å². The van der Waals surface area contributed by atoms with Crippen molar-refractivity contribution in [3.05, 3.63) is 34.6 Å². The average Bonchev–Trinajstić information content (AvgIpc) is 2.31. The second kappa shape index (κ2) is 6.32. The molecule has 0 heterocycles. The van der Waals surface area contributed by atoms with E-state index in [1.54, 1.807) is 0 Å². The summed E-state index contributed by atoms with van der Waals surface area (Å²) in [6.45, 7) is -0.383. The van der Waals surface area contributed by atoms with Gasteiger partial charge in [-0.05, 0) is 18.2 Å². The lowest BCUT2D eigenvalue weighted by molar-refractivity contribution is -0.139. The maximum atomic E-state index is 13.1. The van der Waals surface area contributed by atoms with Gasteiger partial charge in [0.2, 0.25) is 0 Å². The van der Waals surface area contributed by atoms with Crippen molar-refractivity contribution in [3.8, 4) is 0 Å². The highest BCUT2D eigenvalue weighted by Gasteiger charge is 2.20. The molecule has 7 heteroatoms. The van der Waals surface area contributed by atoms with Crippen LogP contribution in [-0.2, 0) is 4.79 Å². The van der Waals surface area contributed by atoms with E-state index in [2.05, 4.69) is 5.32 Å². The lowest BCUT2D eigenvalue weighted by Crippen LogP contribution is -2.41. The summed E-state index contributed by atoms with van der Waals surface area (Å²) in [5.74, 6) is -2.78. The van der Waals surface area contributed by atoms with Gasteiger partial charge in [-0.2, -0.15) is 0 Å². The van der Waals surface area contributed by atoms with Crippen LogP contribution >= 0.6 is 11.6 Å². The molecule has 1 aromatic carbocycles. The van der Waals surface area contributed by atoms with Gasteiger partial charge in [0.05, 0.1) is 5.02 Å². The van der Waals surface area contributed by atoms with Crippen molar-refractivity contribution in [2.75, 3.05) is 6.61 Å². The van der Waals surface area contributed by atoms with E-state index in [9.17, 15) is 14.0 Å². The molecule has 1 aromatic rings. The number of hydrogen-bond acceptors (Lipinski definition) is 3. The summed E-state index contributed by atoms with van der Waals surface area (Å²) >= 11 is 5.46. The molecule has 0 aliphatic carbocycles. The number of carboxylic acids is 1. The largest absolute Gasteiger partial charge is 0.480 e. The van der Waals surface area contributed by atoms with E-state index in [1.165, 1.54) is 12.1 Å². The van der Waals surface area contributed by atoms with E-state index in [0.717, 1.165) is 6.07 Å². The van der Waals surface area contributed by atoms with Gasteiger partial charge in [-0.25, -0.2) is 9.18 Å². The third-order valence-corrected chi connectivity index (χ3v) is 2.51. The Labute approximate surface area is 107 Å². The van der Waals surface area contributed by atoms with Crippen LogP contribution in [0.25, 0.3) is 0 Å². The Morgan fingerprint density at radius 1 is 1.44 bits per heavy atom. The first kappa shape index (κ1) is 14.4. The van der Waals surface area contributed by atoms with Crippen molar-refractivity contribution in [3.63, 3.8) is 0 Å². The number of halogens is 2. The molecule has 0 radical (unpaired) electrons. The Bertz CT molecular complexity index is 466. The number of carbonyl (C=O) groups is 2. The molecular weight excluding hydrogens is 265 g/mol. The molecule has 0 fully saturated rings. The summed E-state index contributed by atoms with van der Waals surface area (Å²) in [7, 11) is 0. The molecule has 0 unspecified atom stereocenters. The van der Waals surface area contributed by atoms with E-state index in [4.69, 9.17) is 21.8 Å². The molecule has 0 saturated heterocycles. The predicted molar refractivity (Wildman–Crippen MR) is 62.0 cm³/mol. The Balaban J connectivity index is 2.80. The van der Waals surface area contributed by atoms with Crippen LogP contribution in [0.15, 0.2) is 18.2 Å². The Morgan fingerprint density at radius 3 is 2.61 bits per heavy atom. The number of nitrogens with one attached hydrogen (secondary N) is 1. The second-order valence-corrected chi connectivity index (χ2v) is 3.91. The van der Waals surface area contributed by atoms with Gasteiger partial charge in [-0.3, -0.25) is 4.79 Å². The van der Waals surface area contributed by atoms with Gasteiger partial charge in [0.25, 0.3) is 5.91 Å². The van der Waals surface area contributed by atoms with Crippen LogP contribution in [-0.4, -0.2) is 34.7 Å². The highest BCUT2D eigenvalue weighted by molar-refractivity contribution is 6.30. The zero-order valence-electron chi connectivity index (χ0n) is 9.19. The summed E-state index contributed by atoms with van der Waals surface area (Å²) < 4.78 is 13.1. The first-order valence-electron chi connectivity index (χ1n) is 5.05. The first-order valence-corrected chi connectivity index (χ1v) is 5.43. The van der Waals surface area contributed by atoms with Crippen LogP contribution in [0.4, 0.5) is 4.39 Å². The molecule has 0 bridgehead atoms. The molecule has 0 aliphatic rings. The molecule has 18 heavy (non-hydrogen) atoms. The van der Waals surface area contributed by atoms with Gasteiger partial charge in [0.1, 0.15) is 11.9 Å². The molecule has 0 spiro atoms. The summed E-state index contributed by atoms with van der Waals surface area (Å²) in [5.41, 5.74) is -0.0407. The number of carboxylic acid groups (broad SMARTS) is 1.